The topological polar surface area (TPSA) is 72.7 Å². The fourth-order valence-electron chi connectivity index (χ4n) is 3.49. The number of para-hydroxylation sites is 1. The Kier molecular flexibility index (Phi) is 7.82. The summed E-state index contributed by atoms with van der Waals surface area (Å²) in [4.78, 5) is 21.8. The number of amides is 1. The first-order valence-corrected chi connectivity index (χ1v) is 10.6. The number of carbonyl (C=O) groups is 1. The molecular formula is C20H25ClFN5O3S. The first-order chi connectivity index (χ1) is 14.6. The average molecular weight is 470 g/mol. The molecule has 1 amide bonds. The predicted molar refractivity (Wildman–Crippen MR) is 120 cm³/mol. The molecule has 1 aliphatic heterocycles. The number of anilines is 1. The zero-order valence-electron chi connectivity index (χ0n) is 17.4. The van der Waals surface area contributed by atoms with Gasteiger partial charge in [-0.1, -0.05) is 17.4 Å². The average Bonchev–Trinajstić information content (AvgIpc) is 3.35. The number of halogens is 2. The fourth-order valence-corrected chi connectivity index (χ4v) is 4.50. The minimum atomic E-state index is -0.394. The third kappa shape index (κ3) is 5.15. The maximum absolute atomic E-state index is 14.2. The first-order valence-electron chi connectivity index (χ1n) is 9.81. The number of aromatic nitrogens is 3. The predicted octanol–water partition coefficient (Wildman–Crippen LogP) is 2.97. The van der Waals surface area contributed by atoms with Crippen LogP contribution in [-0.2, 0) is 11.8 Å². The largest absolute Gasteiger partial charge is 0.479 e. The number of methoxy groups -OCH3 is 1. The highest BCUT2D eigenvalue weighted by Gasteiger charge is 2.26. The molecule has 4 rings (SSSR count). The van der Waals surface area contributed by atoms with Crippen molar-refractivity contribution in [3.63, 3.8) is 0 Å². The monoisotopic (exact) mass is 469 g/mol. The molecule has 3 heterocycles. The number of hydrogen-bond acceptors (Lipinski definition) is 7. The van der Waals surface area contributed by atoms with Crippen molar-refractivity contribution in [1.29, 1.82) is 0 Å². The van der Waals surface area contributed by atoms with E-state index in [4.69, 9.17) is 9.47 Å². The molecule has 0 atom stereocenters. The molecule has 0 saturated carbocycles. The molecule has 0 unspecified atom stereocenters. The Morgan fingerprint density at radius 1 is 1.35 bits per heavy atom. The Morgan fingerprint density at radius 3 is 2.84 bits per heavy atom. The Morgan fingerprint density at radius 2 is 2.13 bits per heavy atom. The van der Waals surface area contributed by atoms with Gasteiger partial charge in [-0.2, -0.15) is 0 Å². The van der Waals surface area contributed by atoms with Crippen LogP contribution in [0.5, 0.6) is 5.88 Å². The number of hydrogen-bond donors (Lipinski definition) is 0. The fraction of sp³-hybridized carbons (Fsp3) is 0.450. The summed E-state index contributed by atoms with van der Waals surface area (Å²) in [6.45, 7) is 4.53. The Bertz CT molecular complexity index is 1040. The molecule has 1 aromatic carbocycles. The highest BCUT2D eigenvalue weighted by molar-refractivity contribution is 7.22. The highest BCUT2D eigenvalue weighted by atomic mass is 35.5. The van der Waals surface area contributed by atoms with Crippen molar-refractivity contribution < 1.29 is 18.7 Å². The second-order valence-corrected chi connectivity index (χ2v) is 8.08. The van der Waals surface area contributed by atoms with Gasteiger partial charge in [-0.3, -0.25) is 19.3 Å². The molecule has 11 heteroatoms. The molecule has 0 spiro atoms. The van der Waals surface area contributed by atoms with Crippen LogP contribution in [0.1, 0.15) is 16.8 Å². The van der Waals surface area contributed by atoms with Crippen LogP contribution in [0.15, 0.2) is 24.4 Å². The van der Waals surface area contributed by atoms with Crippen LogP contribution in [0.4, 0.5) is 9.52 Å². The van der Waals surface area contributed by atoms with E-state index in [2.05, 4.69) is 15.0 Å². The molecule has 1 saturated heterocycles. The molecule has 2 aromatic heterocycles. The molecule has 0 aliphatic carbocycles. The lowest BCUT2D eigenvalue weighted by atomic mass is 10.2. The van der Waals surface area contributed by atoms with Crippen molar-refractivity contribution in [2.45, 2.75) is 6.42 Å². The summed E-state index contributed by atoms with van der Waals surface area (Å²) in [6, 6.07) is 4.83. The maximum Gasteiger partial charge on any atom is 0.267 e. The summed E-state index contributed by atoms with van der Waals surface area (Å²) in [5.41, 5.74) is 0.632. The van der Waals surface area contributed by atoms with Gasteiger partial charge in [-0.25, -0.2) is 9.37 Å². The lowest BCUT2D eigenvalue weighted by Crippen LogP contribution is -2.39. The summed E-state index contributed by atoms with van der Waals surface area (Å²) in [7, 11) is 3.21. The SMILES string of the molecule is COc1nn(C)cc1C(=O)N(CCCN1CCOCC1)c1nc2c(F)cccc2s1.Cl. The molecule has 1 fully saturated rings. The van der Waals surface area contributed by atoms with Gasteiger partial charge >= 0.3 is 0 Å². The van der Waals surface area contributed by atoms with Crippen LogP contribution < -0.4 is 9.64 Å². The normalized spacial score (nSPS) is 14.4. The van der Waals surface area contributed by atoms with Crippen molar-refractivity contribution in [1.82, 2.24) is 19.7 Å². The van der Waals surface area contributed by atoms with Crippen LogP contribution in [-0.4, -0.2) is 72.1 Å². The quantitative estimate of drug-likeness (QED) is 0.529. The molecule has 0 N–H and O–H groups in total. The molecule has 31 heavy (non-hydrogen) atoms. The zero-order chi connectivity index (χ0) is 21.1. The minimum absolute atomic E-state index is 0. The van der Waals surface area contributed by atoms with Crippen molar-refractivity contribution in [2.24, 2.45) is 7.05 Å². The third-order valence-corrected chi connectivity index (χ3v) is 6.06. The van der Waals surface area contributed by atoms with Crippen molar-refractivity contribution >= 4 is 45.0 Å². The van der Waals surface area contributed by atoms with Crippen molar-refractivity contribution in [2.75, 3.05) is 51.4 Å². The van der Waals surface area contributed by atoms with E-state index in [1.54, 1.807) is 30.3 Å². The minimum Gasteiger partial charge on any atom is -0.479 e. The van der Waals surface area contributed by atoms with Gasteiger partial charge < -0.3 is 9.47 Å². The van der Waals surface area contributed by atoms with Gasteiger partial charge in [0, 0.05) is 39.4 Å². The second-order valence-electron chi connectivity index (χ2n) is 7.07. The number of morpholine rings is 1. The second kappa shape index (κ2) is 10.4. The van der Waals surface area contributed by atoms with Crippen molar-refractivity contribution in [3.05, 3.63) is 35.8 Å². The number of fused-ring (bicyclic) bond motifs is 1. The number of thiazole rings is 1. The van der Waals surface area contributed by atoms with Gasteiger partial charge in [0.05, 0.1) is 25.0 Å². The lowest BCUT2D eigenvalue weighted by Gasteiger charge is -2.27. The Hall–Kier alpha value is -2.27. The van der Waals surface area contributed by atoms with Gasteiger partial charge in [0.1, 0.15) is 16.9 Å². The van der Waals surface area contributed by atoms with Crippen LogP contribution in [0.3, 0.4) is 0 Å². The smallest absolute Gasteiger partial charge is 0.267 e. The molecule has 8 nitrogen and oxygen atoms in total. The van der Waals surface area contributed by atoms with Gasteiger partial charge in [-0.05, 0) is 18.6 Å². The number of nitrogens with zero attached hydrogens (tertiary/aromatic N) is 5. The number of carbonyl (C=O) groups excluding carboxylic acids is 1. The standard InChI is InChI=1S/C20H24FN5O3S.ClH/c1-24-13-14(18(23-24)28-2)19(27)26(8-4-7-25-9-11-29-12-10-25)20-22-17-15(21)5-3-6-16(17)30-20;/h3,5-6,13H,4,7-12H2,1-2H3;1H. The number of ether oxygens (including phenoxy) is 2. The van der Waals surface area contributed by atoms with E-state index in [-0.39, 0.29) is 29.7 Å². The number of benzene rings is 1. The summed E-state index contributed by atoms with van der Waals surface area (Å²) in [5.74, 6) is -0.399. The summed E-state index contributed by atoms with van der Waals surface area (Å²) < 4.78 is 27.1. The first kappa shape index (κ1) is 23.4. The summed E-state index contributed by atoms with van der Waals surface area (Å²) >= 11 is 1.30. The Labute approximate surface area is 190 Å². The number of rotatable bonds is 7. The lowest BCUT2D eigenvalue weighted by molar-refractivity contribution is 0.0376. The van der Waals surface area contributed by atoms with Crippen LogP contribution >= 0.6 is 23.7 Å². The van der Waals surface area contributed by atoms with Crippen LogP contribution in [0.2, 0.25) is 0 Å². The molecular weight excluding hydrogens is 445 g/mol. The van der Waals surface area contributed by atoms with Gasteiger partial charge in [0.15, 0.2) is 5.13 Å². The maximum atomic E-state index is 14.2. The summed E-state index contributed by atoms with van der Waals surface area (Å²) in [6.07, 6.45) is 2.39. The van der Waals surface area contributed by atoms with Gasteiger partial charge in [0.25, 0.3) is 5.91 Å². The Balaban J connectivity index is 0.00000272. The van der Waals surface area contributed by atoms with E-state index < -0.39 is 5.82 Å². The van der Waals surface area contributed by atoms with E-state index in [1.807, 2.05) is 0 Å². The number of aryl methyl sites for hydroxylation is 1. The van der Waals surface area contributed by atoms with E-state index in [1.165, 1.54) is 29.2 Å². The molecule has 168 valence electrons. The molecule has 3 aromatic rings. The molecule has 0 radical (unpaired) electrons. The van der Waals surface area contributed by atoms with Gasteiger partial charge in [-0.15, -0.1) is 17.5 Å². The molecule has 0 bridgehead atoms. The highest BCUT2D eigenvalue weighted by Crippen LogP contribution is 2.32. The van der Waals surface area contributed by atoms with Crippen molar-refractivity contribution in [3.8, 4) is 5.88 Å². The van der Waals surface area contributed by atoms with Crippen LogP contribution in [0, 0.1) is 5.82 Å². The van der Waals surface area contributed by atoms with E-state index in [0.29, 0.717) is 21.9 Å². The third-order valence-electron chi connectivity index (χ3n) is 5.01. The summed E-state index contributed by atoms with van der Waals surface area (Å²) in [5, 5.41) is 4.65. The zero-order valence-corrected chi connectivity index (χ0v) is 19.0. The van der Waals surface area contributed by atoms with E-state index in [0.717, 1.165) is 39.3 Å². The van der Waals surface area contributed by atoms with Gasteiger partial charge in [0.2, 0.25) is 5.88 Å². The van der Waals surface area contributed by atoms with E-state index in [9.17, 15) is 9.18 Å². The molecule has 1 aliphatic rings. The van der Waals surface area contributed by atoms with E-state index >= 15 is 0 Å². The van der Waals surface area contributed by atoms with Crippen LogP contribution in [0.25, 0.3) is 10.2 Å².